The second-order valence-electron chi connectivity index (χ2n) is 10.1. The standard InChI is InChI=1S/C30H28FN3O4/c1-17-26(33-28(35)24-10-9-21(13-25(24)31)38-16-18-6-7-18)11-8-20-12-19(14-32-27(17)20)15-34-29(36)22-4-2-3-5-23(22)30(34)37/h2-5,8-14,18,29-30,36-37H,6-7,15-16H2,1H3,(H,33,35). The van der Waals surface area contributed by atoms with Gasteiger partial charge in [-0.25, -0.2) is 9.29 Å². The molecular formula is C30H28FN3O4. The average molecular weight is 514 g/mol. The predicted molar refractivity (Wildman–Crippen MR) is 141 cm³/mol. The third kappa shape index (κ3) is 4.62. The summed E-state index contributed by atoms with van der Waals surface area (Å²) in [5, 5.41) is 25.1. The molecule has 1 aliphatic carbocycles. The zero-order valence-corrected chi connectivity index (χ0v) is 20.9. The van der Waals surface area contributed by atoms with E-state index in [9.17, 15) is 19.4 Å². The summed E-state index contributed by atoms with van der Waals surface area (Å²) in [6.45, 7) is 2.72. The first-order chi connectivity index (χ1) is 18.4. The van der Waals surface area contributed by atoms with E-state index in [1.807, 2.05) is 43.3 Å². The van der Waals surface area contributed by atoms with Crippen LogP contribution in [0.25, 0.3) is 10.9 Å². The number of hydrogen-bond donors (Lipinski definition) is 3. The number of rotatable bonds is 7. The van der Waals surface area contributed by atoms with Crippen molar-refractivity contribution in [3.05, 3.63) is 100 Å². The normalized spacial score (nSPS) is 18.9. The van der Waals surface area contributed by atoms with E-state index in [1.54, 1.807) is 23.2 Å². The van der Waals surface area contributed by atoms with Crippen LogP contribution in [0, 0.1) is 18.7 Å². The van der Waals surface area contributed by atoms with Crippen molar-refractivity contribution in [1.82, 2.24) is 9.88 Å². The van der Waals surface area contributed by atoms with E-state index in [-0.39, 0.29) is 5.56 Å². The largest absolute Gasteiger partial charge is 0.493 e. The Bertz CT molecular complexity index is 1510. The molecule has 0 bridgehead atoms. The lowest BCUT2D eigenvalue weighted by atomic mass is 10.1. The number of aryl methyl sites for hydroxylation is 1. The molecule has 3 aromatic carbocycles. The van der Waals surface area contributed by atoms with Gasteiger partial charge in [-0.1, -0.05) is 30.3 Å². The number of halogens is 1. The molecule has 1 amide bonds. The molecule has 0 spiro atoms. The average Bonchev–Trinajstić information content (AvgIpc) is 3.72. The van der Waals surface area contributed by atoms with E-state index in [1.165, 1.54) is 12.1 Å². The van der Waals surface area contributed by atoms with E-state index in [0.29, 0.717) is 47.2 Å². The van der Waals surface area contributed by atoms with E-state index in [2.05, 4.69) is 10.3 Å². The molecule has 7 nitrogen and oxygen atoms in total. The summed E-state index contributed by atoms with van der Waals surface area (Å²) < 4.78 is 20.3. The summed E-state index contributed by atoms with van der Waals surface area (Å²) in [5.74, 6) is -0.208. The Morgan fingerprint density at radius 1 is 1.08 bits per heavy atom. The monoisotopic (exact) mass is 513 g/mol. The molecule has 194 valence electrons. The van der Waals surface area contributed by atoms with Crippen LogP contribution in [-0.4, -0.2) is 32.6 Å². The maximum absolute atomic E-state index is 14.7. The summed E-state index contributed by atoms with van der Waals surface area (Å²) in [5.41, 5.74) is 4.14. The van der Waals surface area contributed by atoms with E-state index < -0.39 is 24.2 Å². The first-order valence-corrected chi connectivity index (χ1v) is 12.7. The number of carbonyl (C=O) groups excluding carboxylic acids is 1. The van der Waals surface area contributed by atoms with Crippen molar-refractivity contribution in [2.24, 2.45) is 5.92 Å². The number of benzene rings is 3. The van der Waals surface area contributed by atoms with Crippen LogP contribution in [0.15, 0.2) is 66.9 Å². The third-order valence-corrected chi connectivity index (χ3v) is 7.32. The number of aliphatic hydroxyl groups is 2. The maximum Gasteiger partial charge on any atom is 0.258 e. The molecule has 1 aromatic heterocycles. The molecule has 0 radical (unpaired) electrons. The minimum absolute atomic E-state index is 0.0599. The molecule has 1 saturated carbocycles. The highest BCUT2D eigenvalue weighted by molar-refractivity contribution is 6.06. The van der Waals surface area contributed by atoms with Crippen LogP contribution in [0.1, 0.15) is 57.9 Å². The van der Waals surface area contributed by atoms with Crippen molar-refractivity contribution in [2.75, 3.05) is 11.9 Å². The molecule has 4 aromatic rings. The van der Waals surface area contributed by atoms with Gasteiger partial charge in [0, 0.05) is 41.0 Å². The molecule has 6 rings (SSSR count). The highest BCUT2D eigenvalue weighted by Gasteiger charge is 2.35. The summed E-state index contributed by atoms with van der Waals surface area (Å²) in [6.07, 6.45) is 2.17. The molecule has 2 unspecified atom stereocenters. The molecule has 8 heteroatoms. The van der Waals surface area contributed by atoms with Crippen LogP contribution in [0.2, 0.25) is 0 Å². The van der Waals surface area contributed by atoms with Gasteiger partial charge in [0.2, 0.25) is 0 Å². The van der Waals surface area contributed by atoms with Gasteiger partial charge in [0.1, 0.15) is 24.0 Å². The van der Waals surface area contributed by atoms with Crippen LogP contribution in [0.3, 0.4) is 0 Å². The number of amides is 1. The number of aliphatic hydroxyl groups excluding tert-OH is 2. The Balaban J connectivity index is 1.17. The minimum Gasteiger partial charge on any atom is -0.493 e. The van der Waals surface area contributed by atoms with Gasteiger partial charge in [-0.05, 0) is 61.1 Å². The second-order valence-corrected chi connectivity index (χ2v) is 10.1. The number of nitrogens with one attached hydrogen (secondary N) is 1. The lowest BCUT2D eigenvalue weighted by molar-refractivity contribution is -0.0902. The fourth-order valence-electron chi connectivity index (χ4n) is 4.93. The molecule has 3 N–H and O–H groups in total. The van der Waals surface area contributed by atoms with Crippen LogP contribution >= 0.6 is 0 Å². The molecule has 1 aliphatic heterocycles. The highest BCUT2D eigenvalue weighted by Crippen LogP contribution is 2.40. The van der Waals surface area contributed by atoms with Crippen LogP contribution in [0.5, 0.6) is 5.75 Å². The van der Waals surface area contributed by atoms with Crippen molar-refractivity contribution in [1.29, 1.82) is 0 Å². The van der Waals surface area contributed by atoms with Gasteiger partial charge in [0.15, 0.2) is 0 Å². The lowest BCUT2D eigenvalue weighted by Crippen LogP contribution is -2.25. The van der Waals surface area contributed by atoms with Gasteiger partial charge in [0.05, 0.1) is 17.7 Å². The molecular weight excluding hydrogens is 485 g/mol. The Labute approximate surface area is 219 Å². The molecule has 2 aliphatic rings. The van der Waals surface area contributed by atoms with E-state index in [4.69, 9.17) is 4.74 Å². The van der Waals surface area contributed by atoms with Crippen molar-refractivity contribution in [2.45, 2.75) is 38.8 Å². The smallest absolute Gasteiger partial charge is 0.258 e. The fraction of sp³-hybridized carbons (Fsp3) is 0.267. The Morgan fingerprint density at radius 3 is 2.50 bits per heavy atom. The van der Waals surface area contributed by atoms with Crippen LogP contribution in [0.4, 0.5) is 10.1 Å². The van der Waals surface area contributed by atoms with Crippen molar-refractivity contribution in [3.63, 3.8) is 0 Å². The minimum atomic E-state index is -0.907. The maximum atomic E-state index is 14.7. The lowest BCUT2D eigenvalue weighted by Gasteiger charge is -2.24. The number of anilines is 1. The third-order valence-electron chi connectivity index (χ3n) is 7.32. The first-order valence-electron chi connectivity index (χ1n) is 12.7. The second kappa shape index (κ2) is 9.79. The molecule has 1 fully saturated rings. The predicted octanol–water partition coefficient (Wildman–Crippen LogP) is 5.22. The van der Waals surface area contributed by atoms with Crippen LogP contribution in [-0.2, 0) is 6.54 Å². The Hall–Kier alpha value is -3.85. The summed E-state index contributed by atoms with van der Waals surface area (Å²) in [4.78, 5) is 19.1. The Kier molecular flexibility index (Phi) is 6.31. The fourth-order valence-corrected chi connectivity index (χ4v) is 4.93. The van der Waals surface area contributed by atoms with E-state index in [0.717, 1.165) is 29.4 Å². The van der Waals surface area contributed by atoms with Gasteiger partial charge >= 0.3 is 0 Å². The van der Waals surface area contributed by atoms with Crippen molar-refractivity contribution >= 4 is 22.5 Å². The Morgan fingerprint density at radius 2 is 1.82 bits per heavy atom. The number of aromatic nitrogens is 1. The highest BCUT2D eigenvalue weighted by atomic mass is 19.1. The molecule has 0 saturated heterocycles. The topological polar surface area (TPSA) is 94.9 Å². The quantitative estimate of drug-likeness (QED) is 0.314. The SMILES string of the molecule is Cc1c(NC(=O)c2ccc(OCC3CC3)cc2F)ccc2cc(CN3C(O)c4ccccc4C3O)cnc12. The van der Waals surface area contributed by atoms with Gasteiger partial charge in [-0.2, -0.15) is 0 Å². The summed E-state index contributed by atoms with van der Waals surface area (Å²) in [7, 11) is 0. The van der Waals surface area contributed by atoms with Gasteiger partial charge in [0.25, 0.3) is 5.91 Å². The van der Waals surface area contributed by atoms with Crippen molar-refractivity contribution < 1.29 is 24.1 Å². The summed E-state index contributed by atoms with van der Waals surface area (Å²) >= 11 is 0. The number of hydrogen-bond acceptors (Lipinski definition) is 6. The number of fused-ring (bicyclic) bond motifs is 2. The number of pyridine rings is 1. The molecule has 2 atom stereocenters. The number of carbonyl (C=O) groups is 1. The van der Waals surface area contributed by atoms with Crippen molar-refractivity contribution in [3.8, 4) is 5.75 Å². The summed E-state index contributed by atoms with van der Waals surface area (Å²) in [6, 6.07) is 17.1. The van der Waals surface area contributed by atoms with Crippen LogP contribution < -0.4 is 10.1 Å². The first kappa shape index (κ1) is 24.5. The zero-order valence-electron chi connectivity index (χ0n) is 20.9. The number of nitrogens with zero attached hydrogens (tertiary/aromatic N) is 2. The molecule has 38 heavy (non-hydrogen) atoms. The van der Waals surface area contributed by atoms with Gasteiger partial charge in [-0.15, -0.1) is 0 Å². The number of ether oxygens (including phenoxy) is 1. The zero-order chi connectivity index (χ0) is 26.4. The van der Waals surface area contributed by atoms with E-state index >= 15 is 0 Å². The van der Waals surface area contributed by atoms with Gasteiger partial charge in [-0.3, -0.25) is 9.78 Å². The van der Waals surface area contributed by atoms with Gasteiger partial charge < -0.3 is 20.3 Å². The molecule has 2 heterocycles.